The highest BCUT2D eigenvalue weighted by atomic mass is 16.7. The Hall–Kier alpha value is -1.35. The van der Waals surface area contributed by atoms with E-state index in [0.29, 0.717) is 12.4 Å². The van der Waals surface area contributed by atoms with Crippen LogP contribution in [0.3, 0.4) is 0 Å². The molecule has 33 heavy (non-hydrogen) atoms. The first-order chi connectivity index (χ1) is 16.0. The van der Waals surface area contributed by atoms with Crippen molar-refractivity contribution in [1.29, 1.82) is 0 Å². The second-order valence-electron chi connectivity index (χ2n) is 10.8. The predicted molar refractivity (Wildman–Crippen MR) is 138 cm³/mol. The fourth-order valence-electron chi connectivity index (χ4n) is 5.26. The second-order valence-corrected chi connectivity index (χ2v) is 10.8. The molecule has 0 aromatic heterocycles. The van der Waals surface area contributed by atoms with Gasteiger partial charge in [0.25, 0.3) is 6.47 Å². The standard InChI is InChI=1S/C19H34O3.C11H16/c1-19(22-16-20,14-12-17-8-4-2-5-9-17)21-15-13-18-10-6-3-7-11-18;1-4-10(3)11-7-5-9(2)6-8-11/h16-18H,2-15H2,1H3;5-8,10H,4H2,1-3H3. The Morgan fingerprint density at radius 1 is 0.939 bits per heavy atom. The van der Waals surface area contributed by atoms with Crippen LogP contribution < -0.4 is 0 Å². The summed E-state index contributed by atoms with van der Waals surface area (Å²) in [5.74, 6) is 1.60. The van der Waals surface area contributed by atoms with Crippen molar-refractivity contribution in [3.05, 3.63) is 35.4 Å². The molecule has 0 radical (unpaired) electrons. The Balaban J connectivity index is 0.000000294. The lowest BCUT2D eigenvalue weighted by molar-refractivity contribution is -0.218. The molecule has 2 aliphatic rings. The molecule has 2 atom stereocenters. The Labute approximate surface area is 204 Å². The topological polar surface area (TPSA) is 35.5 Å². The highest BCUT2D eigenvalue weighted by Gasteiger charge is 2.29. The summed E-state index contributed by atoms with van der Waals surface area (Å²) >= 11 is 0. The molecule has 0 bridgehead atoms. The van der Waals surface area contributed by atoms with Crippen LogP contribution in [0.4, 0.5) is 0 Å². The zero-order valence-corrected chi connectivity index (χ0v) is 22.0. The summed E-state index contributed by atoms with van der Waals surface area (Å²) in [5.41, 5.74) is 2.80. The molecule has 2 saturated carbocycles. The number of rotatable bonds is 11. The molecule has 3 heteroatoms. The molecule has 0 amide bonds. The van der Waals surface area contributed by atoms with Crippen LogP contribution in [0.25, 0.3) is 0 Å². The smallest absolute Gasteiger partial charge is 0.295 e. The van der Waals surface area contributed by atoms with Gasteiger partial charge in [0, 0.05) is 13.3 Å². The molecule has 0 saturated heterocycles. The highest BCUT2D eigenvalue weighted by Crippen LogP contribution is 2.32. The van der Waals surface area contributed by atoms with Gasteiger partial charge in [-0.2, -0.15) is 0 Å². The monoisotopic (exact) mass is 458 g/mol. The van der Waals surface area contributed by atoms with E-state index in [1.165, 1.54) is 81.8 Å². The summed E-state index contributed by atoms with van der Waals surface area (Å²) in [5, 5.41) is 0. The zero-order chi connectivity index (χ0) is 23.9. The molecule has 0 N–H and O–H groups in total. The largest absolute Gasteiger partial charge is 0.436 e. The number of hydrogen-bond donors (Lipinski definition) is 0. The molecule has 2 unspecified atom stereocenters. The number of benzene rings is 1. The van der Waals surface area contributed by atoms with E-state index in [9.17, 15) is 4.79 Å². The third kappa shape index (κ3) is 11.1. The van der Waals surface area contributed by atoms with E-state index in [1.54, 1.807) is 0 Å². The lowest BCUT2D eigenvalue weighted by Gasteiger charge is -2.31. The van der Waals surface area contributed by atoms with Gasteiger partial charge in [0.2, 0.25) is 5.79 Å². The van der Waals surface area contributed by atoms with Crippen molar-refractivity contribution in [2.45, 2.75) is 129 Å². The number of carbonyl (C=O) groups excluding carboxylic acids is 1. The van der Waals surface area contributed by atoms with Crippen molar-refractivity contribution >= 4 is 6.47 Å². The van der Waals surface area contributed by atoms with Gasteiger partial charge in [-0.1, -0.05) is 108 Å². The Bertz CT molecular complexity index is 628. The molecule has 0 aliphatic heterocycles. The average molecular weight is 459 g/mol. The van der Waals surface area contributed by atoms with Crippen LogP contribution in [0.1, 0.15) is 128 Å². The predicted octanol–water partition coefficient (Wildman–Crippen LogP) is 8.73. The molecule has 0 heterocycles. The number of carbonyl (C=O) groups is 1. The van der Waals surface area contributed by atoms with E-state index in [4.69, 9.17) is 9.47 Å². The van der Waals surface area contributed by atoms with Gasteiger partial charge in [0.05, 0.1) is 6.61 Å². The van der Waals surface area contributed by atoms with Gasteiger partial charge < -0.3 is 9.47 Å². The molecule has 3 nitrogen and oxygen atoms in total. The first-order valence-electron chi connectivity index (χ1n) is 13.8. The molecule has 188 valence electrons. The maximum atomic E-state index is 10.8. The van der Waals surface area contributed by atoms with Crippen LogP contribution in [-0.2, 0) is 14.3 Å². The van der Waals surface area contributed by atoms with E-state index in [-0.39, 0.29) is 0 Å². The van der Waals surface area contributed by atoms with Crippen LogP contribution in [0.2, 0.25) is 0 Å². The molecular formula is C30H50O3. The number of hydrogen-bond acceptors (Lipinski definition) is 3. The van der Waals surface area contributed by atoms with Crippen molar-refractivity contribution < 1.29 is 14.3 Å². The minimum absolute atomic E-state index is 0.557. The molecule has 2 aliphatic carbocycles. The fourth-order valence-corrected chi connectivity index (χ4v) is 5.26. The molecule has 1 aromatic carbocycles. The van der Waals surface area contributed by atoms with Gasteiger partial charge in [-0.15, -0.1) is 0 Å². The van der Waals surface area contributed by atoms with E-state index in [0.717, 1.165) is 37.7 Å². The SMILES string of the molecule is CC(CCC1CCCCC1)(OC=O)OCCC1CCCCC1.CCC(C)c1ccc(C)cc1. The molecular weight excluding hydrogens is 408 g/mol. The van der Waals surface area contributed by atoms with Gasteiger partial charge in [-0.25, -0.2) is 0 Å². The third-order valence-electron chi connectivity index (χ3n) is 7.95. The van der Waals surface area contributed by atoms with Crippen molar-refractivity contribution in [3.63, 3.8) is 0 Å². The molecule has 2 fully saturated rings. The maximum Gasteiger partial charge on any atom is 0.295 e. The summed E-state index contributed by atoms with van der Waals surface area (Å²) < 4.78 is 11.3. The van der Waals surface area contributed by atoms with Gasteiger partial charge in [-0.3, -0.25) is 4.79 Å². The third-order valence-corrected chi connectivity index (χ3v) is 7.95. The average Bonchev–Trinajstić information content (AvgIpc) is 2.85. The Morgan fingerprint density at radius 3 is 2.00 bits per heavy atom. The first-order valence-corrected chi connectivity index (χ1v) is 13.8. The minimum atomic E-state index is -0.714. The molecule has 3 rings (SSSR count). The first kappa shape index (κ1) is 27.9. The van der Waals surface area contributed by atoms with E-state index in [2.05, 4.69) is 45.0 Å². The van der Waals surface area contributed by atoms with Gasteiger partial charge >= 0.3 is 0 Å². The normalized spacial score (nSPS) is 20.2. The summed E-state index contributed by atoms with van der Waals surface area (Å²) in [6, 6.07) is 8.82. The second kappa shape index (κ2) is 15.5. The lowest BCUT2D eigenvalue weighted by Crippen LogP contribution is -2.33. The van der Waals surface area contributed by atoms with Crippen LogP contribution >= 0.6 is 0 Å². The Morgan fingerprint density at radius 2 is 1.48 bits per heavy atom. The fraction of sp³-hybridized carbons (Fsp3) is 0.767. The van der Waals surface area contributed by atoms with Gasteiger partial charge in [0.1, 0.15) is 0 Å². The molecule has 1 aromatic rings. The van der Waals surface area contributed by atoms with Crippen LogP contribution in [0.15, 0.2) is 24.3 Å². The van der Waals surface area contributed by atoms with Gasteiger partial charge in [-0.05, 0) is 49.5 Å². The van der Waals surface area contributed by atoms with Crippen LogP contribution in [0.5, 0.6) is 0 Å². The van der Waals surface area contributed by atoms with Crippen LogP contribution in [0, 0.1) is 18.8 Å². The molecule has 0 spiro atoms. The zero-order valence-electron chi connectivity index (χ0n) is 22.0. The van der Waals surface area contributed by atoms with E-state index in [1.807, 2.05) is 6.92 Å². The van der Waals surface area contributed by atoms with Crippen molar-refractivity contribution in [3.8, 4) is 0 Å². The summed E-state index contributed by atoms with van der Waals surface area (Å²) in [7, 11) is 0. The Kier molecular flexibility index (Phi) is 13.1. The van der Waals surface area contributed by atoms with Crippen molar-refractivity contribution in [1.82, 2.24) is 0 Å². The summed E-state index contributed by atoms with van der Waals surface area (Å²) in [6.07, 6.45) is 17.9. The van der Waals surface area contributed by atoms with Crippen molar-refractivity contribution in [2.24, 2.45) is 11.8 Å². The van der Waals surface area contributed by atoms with Crippen molar-refractivity contribution in [2.75, 3.05) is 6.61 Å². The summed E-state index contributed by atoms with van der Waals surface area (Å²) in [4.78, 5) is 10.8. The minimum Gasteiger partial charge on any atom is -0.436 e. The highest BCUT2D eigenvalue weighted by molar-refractivity contribution is 5.37. The summed E-state index contributed by atoms with van der Waals surface area (Å²) in [6.45, 7) is 9.84. The lowest BCUT2D eigenvalue weighted by atomic mass is 9.85. The van der Waals surface area contributed by atoms with E-state index >= 15 is 0 Å². The van der Waals surface area contributed by atoms with E-state index < -0.39 is 5.79 Å². The number of aryl methyl sites for hydroxylation is 1. The van der Waals surface area contributed by atoms with Crippen LogP contribution in [-0.4, -0.2) is 18.9 Å². The van der Waals surface area contributed by atoms with Gasteiger partial charge in [0.15, 0.2) is 0 Å². The maximum absolute atomic E-state index is 10.8. The quantitative estimate of drug-likeness (QED) is 0.246. The number of ether oxygens (including phenoxy) is 2.